The summed E-state index contributed by atoms with van der Waals surface area (Å²) in [4.78, 5) is 35.2. The standard InChI is InChI=1S/C17H22O4/c1-10-9-17(4)11(2)7-14(19)8-13(17)5-6-15(20)16(10)21-12(3)18/h8-9,11,16H,5-7H2,1-4H3/b10-9-/t11-,16-,17+/m0/s1. The molecular formula is C17H22O4. The molecular weight excluding hydrogens is 268 g/mol. The quantitative estimate of drug-likeness (QED) is 0.550. The van der Waals surface area contributed by atoms with Gasteiger partial charge in [0.25, 0.3) is 0 Å². The number of allylic oxidation sites excluding steroid dienone is 3. The third-order valence-electron chi connectivity index (χ3n) is 4.72. The van der Waals surface area contributed by atoms with Gasteiger partial charge in [0.1, 0.15) is 0 Å². The highest BCUT2D eigenvalue weighted by molar-refractivity contribution is 5.93. The molecule has 0 aliphatic heterocycles. The van der Waals surface area contributed by atoms with E-state index in [1.54, 1.807) is 6.08 Å². The Morgan fingerprint density at radius 2 is 2.00 bits per heavy atom. The summed E-state index contributed by atoms with van der Waals surface area (Å²) in [5, 5.41) is 0. The van der Waals surface area contributed by atoms with Gasteiger partial charge in [-0.1, -0.05) is 25.5 Å². The Hall–Kier alpha value is -1.71. The fourth-order valence-corrected chi connectivity index (χ4v) is 3.33. The number of carbonyl (C=O) groups is 3. The van der Waals surface area contributed by atoms with E-state index in [2.05, 4.69) is 13.8 Å². The molecule has 0 spiro atoms. The number of carbonyl (C=O) groups excluding carboxylic acids is 3. The van der Waals surface area contributed by atoms with Crippen molar-refractivity contribution in [3.63, 3.8) is 0 Å². The molecule has 0 aromatic carbocycles. The van der Waals surface area contributed by atoms with Gasteiger partial charge < -0.3 is 4.74 Å². The summed E-state index contributed by atoms with van der Waals surface area (Å²) in [7, 11) is 0. The summed E-state index contributed by atoms with van der Waals surface area (Å²) < 4.78 is 5.19. The maximum atomic E-state index is 12.2. The van der Waals surface area contributed by atoms with Crippen molar-refractivity contribution in [2.45, 2.75) is 53.1 Å². The Morgan fingerprint density at radius 3 is 2.62 bits per heavy atom. The summed E-state index contributed by atoms with van der Waals surface area (Å²) in [6.45, 7) is 7.29. The van der Waals surface area contributed by atoms with Crippen LogP contribution in [-0.2, 0) is 19.1 Å². The van der Waals surface area contributed by atoms with Gasteiger partial charge in [0.2, 0.25) is 0 Å². The maximum absolute atomic E-state index is 12.2. The van der Waals surface area contributed by atoms with Crippen molar-refractivity contribution in [2.75, 3.05) is 0 Å². The SMILES string of the molecule is CC(=O)O[C@@H]1C(=O)CCC2=CC(=O)C[C@H](C)[C@@]2(C)/C=C\1C. The number of fused-ring (bicyclic) bond motifs is 1. The van der Waals surface area contributed by atoms with Crippen LogP contribution in [0, 0.1) is 11.3 Å². The monoisotopic (exact) mass is 290 g/mol. The van der Waals surface area contributed by atoms with Crippen LogP contribution < -0.4 is 0 Å². The minimum Gasteiger partial charge on any atom is -0.450 e. The largest absolute Gasteiger partial charge is 0.450 e. The first-order chi connectivity index (χ1) is 9.74. The van der Waals surface area contributed by atoms with Crippen LogP contribution in [0.5, 0.6) is 0 Å². The highest BCUT2D eigenvalue weighted by Gasteiger charge is 2.40. The number of hydrogen-bond donors (Lipinski definition) is 0. The topological polar surface area (TPSA) is 60.4 Å². The van der Waals surface area contributed by atoms with Crippen molar-refractivity contribution >= 4 is 17.5 Å². The first-order valence-corrected chi connectivity index (χ1v) is 7.37. The minimum absolute atomic E-state index is 0.104. The molecule has 0 unspecified atom stereocenters. The number of hydrogen-bond acceptors (Lipinski definition) is 4. The van der Waals surface area contributed by atoms with E-state index < -0.39 is 12.1 Å². The van der Waals surface area contributed by atoms with E-state index in [0.717, 1.165) is 11.1 Å². The van der Waals surface area contributed by atoms with Gasteiger partial charge in [0.15, 0.2) is 17.7 Å². The van der Waals surface area contributed by atoms with Crippen LogP contribution in [0.1, 0.15) is 47.0 Å². The molecule has 2 aliphatic carbocycles. The molecule has 0 radical (unpaired) electrons. The highest BCUT2D eigenvalue weighted by atomic mass is 16.5. The molecule has 3 atom stereocenters. The summed E-state index contributed by atoms with van der Waals surface area (Å²) in [6, 6.07) is 0. The van der Waals surface area contributed by atoms with Gasteiger partial charge in [-0.05, 0) is 30.9 Å². The summed E-state index contributed by atoms with van der Waals surface area (Å²) >= 11 is 0. The lowest BCUT2D eigenvalue weighted by Crippen LogP contribution is -2.37. The molecule has 2 rings (SSSR count). The van der Waals surface area contributed by atoms with Gasteiger partial charge in [-0.3, -0.25) is 14.4 Å². The molecule has 0 heterocycles. The van der Waals surface area contributed by atoms with Crippen LogP contribution in [0.2, 0.25) is 0 Å². The first-order valence-electron chi connectivity index (χ1n) is 7.37. The van der Waals surface area contributed by atoms with Gasteiger partial charge in [0.05, 0.1) is 0 Å². The van der Waals surface area contributed by atoms with Crippen molar-refractivity contribution in [2.24, 2.45) is 11.3 Å². The van der Waals surface area contributed by atoms with Gasteiger partial charge in [0, 0.05) is 25.2 Å². The zero-order valence-electron chi connectivity index (χ0n) is 13.1. The predicted molar refractivity (Wildman–Crippen MR) is 78.5 cm³/mol. The van der Waals surface area contributed by atoms with E-state index in [4.69, 9.17) is 4.74 Å². The van der Waals surface area contributed by atoms with Gasteiger partial charge >= 0.3 is 5.97 Å². The minimum atomic E-state index is -0.786. The molecule has 0 fully saturated rings. The third-order valence-corrected chi connectivity index (χ3v) is 4.72. The zero-order valence-corrected chi connectivity index (χ0v) is 13.1. The Kier molecular flexibility index (Phi) is 4.17. The molecule has 0 saturated heterocycles. The smallest absolute Gasteiger partial charge is 0.303 e. The maximum Gasteiger partial charge on any atom is 0.303 e. The Bertz CT molecular complexity index is 555. The second-order valence-corrected chi connectivity index (χ2v) is 6.37. The van der Waals surface area contributed by atoms with Crippen LogP contribution in [0.4, 0.5) is 0 Å². The number of ether oxygens (including phenoxy) is 1. The number of esters is 1. The van der Waals surface area contributed by atoms with E-state index in [-0.39, 0.29) is 22.9 Å². The number of ketones is 2. The van der Waals surface area contributed by atoms with Crippen LogP contribution in [0.15, 0.2) is 23.3 Å². The molecule has 0 saturated carbocycles. The average Bonchev–Trinajstić information content (AvgIpc) is 2.37. The van der Waals surface area contributed by atoms with E-state index >= 15 is 0 Å². The fraction of sp³-hybridized carbons (Fsp3) is 0.588. The highest BCUT2D eigenvalue weighted by Crippen LogP contribution is 2.46. The predicted octanol–water partition coefficient (Wildman–Crippen LogP) is 2.77. The second-order valence-electron chi connectivity index (χ2n) is 6.37. The Balaban J connectivity index is 2.47. The molecule has 0 aromatic heterocycles. The third kappa shape index (κ3) is 2.99. The van der Waals surface area contributed by atoms with Crippen LogP contribution >= 0.6 is 0 Å². The normalized spacial score (nSPS) is 35.8. The lowest BCUT2D eigenvalue weighted by Gasteiger charge is -2.40. The summed E-state index contributed by atoms with van der Waals surface area (Å²) in [5.41, 5.74) is 1.52. The fourth-order valence-electron chi connectivity index (χ4n) is 3.33. The van der Waals surface area contributed by atoms with Gasteiger partial charge in [-0.25, -0.2) is 0 Å². The average molecular weight is 290 g/mol. The van der Waals surface area contributed by atoms with Crippen molar-refractivity contribution < 1.29 is 19.1 Å². The van der Waals surface area contributed by atoms with Gasteiger partial charge in [-0.15, -0.1) is 0 Å². The summed E-state index contributed by atoms with van der Waals surface area (Å²) in [5.74, 6) is -0.251. The van der Waals surface area contributed by atoms with Crippen molar-refractivity contribution in [1.29, 1.82) is 0 Å². The number of Topliss-reactive ketones (excluding diaryl/α,β-unsaturated/α-hetero) is 1. The Labute approximate surface area is 125 Å². The Morgan fingerprint density at radius 1 is 1.33 bits per heavy atom. The first kappa shape index (κ1) is 15.7. The molecule has 0 amide bonds. The van der Waals surface area contributed by atoms with E-state index in [1.165, 1.54) is 6.92 Å². The zero-order chi connectivity index (χ0) is 15.8. The van der Waals surface area contributed by atoms with E-state index in [1.807, 2.05) is 13.0 Å². The molecule has 0 bridgehead atoms. The molecule has 4 heteroatoms. The van der Waals surface area contributed by atoms with Crippen LogP contribution in [0.3, 0.4) is 0 Å². The molecule has 21 heavy (non-hydrogen) atoms. The molecule has 0 N–H and O–H groups in total. The van der Waals surface area contributed by atoms with Crippen LogP contribution in [-0.4, -0.2) is 23.6 Å². The molecule has 0 aromatic rings. The molecule has 4 nitrogen and oxygen atoms in total. The lowest BCUT2D eigenvalue weighted by molar-refractivity contribution is -0.150. The van der Waals surface area contributed by atoms with E-state index in [9.17, 15) is 14.4 Å². The number of rotatable bonds is 1. The van der Waals surface area contributed by atoms with Gasteiger partial charge in [-0.2, -0.15) is 0 Å². The van der Waals surface area contributed by atoms with Crippen molar-refractivity contribution in [1.82, 2.24) is 0 Å². The molecule has 114 valence electrons. The second kappa shape index (κ2) is 5.58. The summed E-state index contributed by atoms with van der Waals surface area (Å²) in [6.07, 6.45) is 4.28. The van der Waals surface area contributed by atoms with Crippen LogP contribution in [0.25, 0.3) is 0 Å². The lowest BCUT2D eigenvalue weighted by atomic mass is 9.64. The van der Waals surface area contributed by atoms with E-state index in [0.29, 0.717) is 19.3 Å². The van der Waals surface area contributed by atoms with Crippen molar-refractivity contribution in [3.8, 4) is 0 Å². The molecule has 2 aliphatic rings. The van der Waals surface area contributed by atoms with Crippen molar-refractivity contribution in [3.05, 3.63) is 23.3 Å².